The molecule has 0 bridgehead atoms. The number of ether oxygens (including phenoxy) is 1. The number of nitrogens with zero attached hydrogens (tertiary/aromatic N) is 2. The van der Waals surface area contributed by atoms with E-state index in [-0.39, 0.29) is 12.1 Å². The van der Waals surface area contributed by atoms with E-state index in [2.05, 4.69) is 27.3 Å². The summed E-state index contributed by atoms with van der Waals surface area (Å²) < 4.78 is 11.5. The maximum absolute atomic E-state index is 12.1. The van der Waals surface area contributed by atoms with Gasteiger partial charge in [-0.3, -0.25) is 9.88 Å². The largest absolute Gasteiger partial charge is 0.456 e. The molecule has 1 amide bonds. The predicted molar refractivity (Wildman–Crippen MR) is 140 cm³/mol. The monoisotopic (exact) mass is 491 g/mol. The Morgan fingerprint density at radius 2 is 1.91 bits per heavy atom. The smallest absolute Gasteiger partial charge is 0.407 e. The second-order valence-electron chi connectivity index (χ2n) is 10.2. The van der Waals surface area contributed by atoms with Gasteiger partial charge in [-0.15, -0.1) is 0 Å². The van der Waals surface area contributed by atoms with Crippen LogP contribution in [0.2, 0.25) is 5.02 Å². The number of halogens is 1. The standard InChI is InChI=1S/C28H30ClN3O3/c1-28(2,3)35-27(33)31-20-8-10-32(11-9-20)17-18-12-21-22(24(29)13-18)15-30-16-23(21)26-14-19-6-4-5-7-25(19)34-26/h4-7,12-16,20H,8-11,17H2,1-3H3,(H,31,33). The first-order valence-electron chi connectivity index (χ1n) is 12.0. The van der Waals surface area contributed by atoms with Crippen molar-refractivity contribution in [2.75, 3.05) is 13.1 Å². The molecule has 182 valence electrons. The van der Waals surface area contributed by atoms with Gasteiger partial charge >= 0.3 is 6.09 Å². The number of piperidine rings is 1. The lowest BCUT2D eigenvalue weighted by Crippen LogP contribution is -2.45. The van der Waals surface area contributed by atoms with Crippen LogP contribution in [0.15, 0.2) is 59.3 Å². The number of fused-ring (bicyclic) bond motifs is 2. The van der Waals surface area contributed by atoms with Gasteiger partial charge in [0.2, 0.25) is 0 Å². The Hall–Kier alpha value is -3.09. The molecule has 0 unspecified atom stereocenters. The lowest BCUT2D eigenvalue weighted by molar-refractivity contribution is 0.0477. The Balaban J connectivity index is 1.32. The van der Waals surface area contributed by atoms with Crippen molar-refractivity contribution in [2.45, 2.75) is 51.8 Å². The number of carbonyl (C=O) groups is 1. The normalized spacial score (nSPS) is 15.5. The summed E-state index contributed by atoms with van der Waals surface area (Å²) in [5.41, 5.74) is 2.44. The van der Waals surface area contributed by atoms with Crippen molar-refractivity contribution in [3.05, 3.63) is 65.4 Å². The van der Waals surface area contributed by atoms with Crippen molar-refractivity contribution in [1.82, 2.24) is 15.2 Å². The van der Waals surface area contributed by atoms with Crippen LogP contribution in [0.1, 0.15) is 39.2 Å². The average molecular weight is 492 g/mol. The van der Waals surface area contributed by atoms with E-state index in [0.717, 1.165) is 71.1 Å². The zero-order valence-corrected chi connectivity index (χ0v) is 21.1. The van der Waals surface area contributed by atoms with E-state index in [1.165, 1.54) is 0 Å². The van der Waals surface area contributed by atoms with Crippen LogP contribution in [-0.4, -0.2) is 40.7 Å². The van der Waals surface area contributed by atoms with Gasteiger partial charge in [0.05, 0.1) is 5.02 Å². The molecule has 1 aliphatic heterocycles. The van der Waals surface area contributed by atoms with Crippen molar-refractivity contribution < 1.29 is 13.9 Å². The summed E-state index contributed by atoms with van der Waals surface area (Å²) in [7, 11) is 0. The first-order valence-corrected chi connectivity index (χ1v) is 12.4. The number of para-hydroxylation sites is 1. The Kier molecular flexibility index (Phi) is 6.43. The molecule has 0 atom stereocenters. The SMILES string of the molecule is CC(C)(C)OC(=O)NC1CCN(Cc2cc(Cl)c3cncc(-c4cc5ccccc5o4)c3c2)CC1. The van der Waals surface area contributed by atoms with Crippen LogP contribution in [-0.2, 0) is 11.3 Å². The molecule has 0 radical (unpaired) electrons. The van der Waals surface area contributed by atoms with Gasteiger partial charge in [0.1, 0.15) is 16.9 Å². The van der Waals surface area contributed by atoms with Gasteiger partial charge in [0.15, 0.2) is 0 Å². The van der Waals surface area contributed by atoms with Crippen LogP contribution in [0.25, 0.3) is 33.1 Å². The van der Waals surface area contributed by atoms with Gasteiger partial charge in [-0.2, -0.15) is 0 Å². The van der Waals surface area contributed by atoms with Crippen LogP contribution in [0, 0.1) is 0 Å². The Morgan fingerprint density at radius 3 is 2.66 bits per heavy atom. The molecule has 2 aromatic heterocycles. The number of alkyl carbamates (subject to hydrolysis) is 1. The zero-order chi connectivity index (χ0) is 24.6. The first-order chi connectivity index (χ1) is 16.7. The van der Waals surface area contributed by atoms with E-state index in [1.54, 1.807) is 6.20 Å². The number of nitrogens with one attached hydrogen (secondary N) is 1. The maximum atomic E-state index is 12.1. The number of amides is 1. The molecule has 0 saturated carbocycles. The lowest BCUT2D eigenvalue weighted by Gasteiger charge is -2.33. The van der Waals surface area contributed by atoms with E-state index in [1.807, 2.05) is 57.3 Å². The molecular weight excluding hydrogens is 462 g/mol. The van der Waals surface area contributed by atoms with Gasteiger partial charge in [-0.05, 0) is 68.8 Å². The summed E-state index contributed by atoms with van der Waals surface area (Å²) in [6, 6.07) is 14.4. The highest BCUT2D eigenvalue weighted by atomic mass is 35.5. The number of hydrogen-bond donors (Lipinski definition) is 1. The van der Waals surface area contributed by atoms with Crippen LogP contribution in [0.5, 0.6) is 0 Å². The second-order valence-corrected chi connectivity index (χ2v) is 10.6. The average Bonchev–Trinajstić information content (AvgIpc) is 3.23. The van der Waals surface area contributed by atoms with Crippen molar-refractivity contribution in [3.8, 4) is 11.3 Å². The fourth-order valence-corrected chi connectivity index (χ4v) is 4.94. The Bertz CT molecular complexity index is 1330. The molecule has 7 heteroatoms. The fourth-order valence-electron chi connectivity index (χ4n) is 4.65. The number of likely N-dealkylation sites (tertiary alicyclic amines) is 1. The van der Waals surface area contributed by atoms with Gasteiger partial charge in [0, 0.05) is 54.4 Å². The van der Waals surface area contributed by atoms with Crippen molar-refractivity contribution in [2.24, 2.45) is 0 Å². The summed E-state index contributed by atoms with van der Waals surface area (Å²) in [6.07, 6.45) is 5.07. The second kappa shape index (κ2) is 9.51. The summed E-state index contributed by atoms with van der Waals surface area (Å²) in [4.78, 5) is 18.9. The van der Waals surface area contributed by atoms with Crippen LogP contribution in [0.3, 0.4) is 0 Å². The highest BCUT2D eigenvalue weighted by molar-refractivity contribution is 6.36. The molecule has 1 saturated heterocycles. The fraction of sp³-hybridized carbons (Fsp3) is 0.357. The molecule has 1 N–H and O–H groups in total. The van der Waals surface area contributed by atoms with E-state index < -0.39 is 5.60 Å². The maximum Gasteiger partial charge on any atom is 0.407 e. The van der Waals surface area contributed by atoms with Crippen LogP contribution < -0.4 is 5.32 Å². The zero-order valence-electron chi connectivity index (χ0n) is 20.3. The molecule has 4 aromatic rings. The number of aromatic nitrogens is 1. The minimum atomic E-state index is -0.489. The van der Waals surface area contributed by atoms with E-state index in [9.17, 15) is 4.79 Å². The van der Waals surface area contributed by atoms with Crippen molar-refractivity contribution in [1.29, 1.82) is 0 Å². The molecule has 0 spiro atoms. The minimum absolute atomic E-state index is 0.132. The summed E-state index contributed by atoms with van der Waals surface area (Å²) >= 11 is 6.70. The van der Waals surface area contributed by atoms with Gasteiger partial charge in [-0.1, -0.05) is 29.8 Å². The number of pyridine rings is 1. The van der Waals surface area contributed by atoms with E-state index in [4.69, 9.17) is 20.8 Å². The first kappa shape index (κ1) is 23.6. The van der Waals surface area contributed by atoms with Crippen LogP contribution >= 0.6 is 11.6 Å². The number of rotatable bonds is 4. The number of carbonyl (C=O) groups excluding carboxylic acids is 1. The molecule has 2 aromatic carbocycles. The van der Waals surface area contributed by atoms with E-state index >= 15 is 0 Å². The number of furan rings is 1. The Morgan fingerprint density at radius 1 is 1.14 bits per heavy atom. The topological polar surface area (TPSA) is 67.6 Å². The molecule has 0 aliphatic carbocycles. The van der Waals surface area contributed by atoms with E-state index in [0.29, 0.717) is 5.02 Å². The third-order valence-corrected chi connectivity index (χ3v) is 6.61. The molecule has 6 nitrogen and oxygen atoms in total. The molecule has 1 aliphatic rings. The number of benzene rings is 2. The van der Waals surface area contributed by atoms with Crippen molar-refractivity contribution >= 4 is 39.4 Å². The minimum Gasteiger partial charge on any atom is -0.456 e. The van der Waals surface area contributed by atoms with Gasteiger partial charge in [0.25, 0.3) is 0 Å². The molecular formula is C28H30ClN3O3. The Labute approximate surface area is 210 Å². The summed E-state index contributed by atoms with van der Waals surface area (Å²) in [5.74, 6) is 0.784. The molecule has 5 rings (SSSR count). The predicted octanol–water partition coefficient (Wildman–Crippen LogP) is 6.79. The molecule has 35 heavy (non-hydrogen) atoms. The van der Waals surface area contributed by atoms with Gasteiger partial charge < -0.3 is 14.5 Å². The summed E-state index contributed by atoms with van der Waals surface area (Å²) in [5, 5.41) is 6.69. The molecule has 1 fully saturated rings. The molecule has 3 heterocycles. The number of hydrogen-bond acceptors (Lipinski definition) is 5. The quantitative estimate of drug-likeness (QED) is 0.340. The highest BCUT2D eigenvalue weighted by Crippen LogP contribution is 2.35. The van der Waals surface area contributed by atoms with Gasteiger partial charge in [-0.25, -0.2) is 4.79 Å². The lowest BCUT2D eigenvalue weighted by atomic mass is 10.0. The highest BCUT2D eigenvalue weighted by Gasteiger charge is 2.24. The third kappa shape index (κ3) is 5.44. The van der Waals surface area contributed by atoms with Crippen LogP contribution in [0.4, 0.5) is 4.79 Å². The summed E-state index contributed by atoms with van der Waals surface area (Å²) in [6.45, 7) is 8.20. The third-order valence-electron chi connectivity index (χ3n) is 6.29. The van der Waals surface area contributed by atoms with Crippen molar-refractivity contribution in [3.63, 3.8) is 0 Å².